The lowest BCUT2D eigenvalue weighted by Crippen LogP contribution is -2.46. The maximum atomic E-state index is 11.4. The summed E-state index contributed by atoms with van der Waals surface area (Å²) in [5.41, 5.74) is 5.36. The van der Waals surface area contributed by atoms with E-state index in [0.29, 0.717) is 12.6 Å². The first-order valence-corrected chi connectivity index (χ1v) is 4.95. The lowest BCUT2D eigenvalue weighted by atomic mass is 9.93. The molecule has 1 fully saturated rings. The van der Waals surface area contributed by atoms with E-state index in [0.717, 1.165) is 25.8 Å². The van der Waals surface area contributed by atoms with E-state index in [-0.39, 0.29) is 6.03 Å². The van der Waals surface area contributed by atoms with Gasteiger partial charge in [0.25, 0.3) is 0 Å². The molecule has 3 N–H and O–H groups in total. The molecule has 76 valence electrons. The Kier molecular flexibility index (Phi) is 4.02. The van der Waals surface area contributed by atoms with Crippen LogP contribution in [-0.2, 0) is 0 Å². The van der Waals surface area contributed by atoms with Gasteiger partial charge in [0.15, 0.2) is 0 Å². The predicted molar refractivity (Wildman–Crippen MR) is 52.5 cm³/mol. The van der Waals surface area contributed by atoms with Gasteiger partial charge in [-0.2, -0.15) is 0 Å². The summed E-state index contributed by atoms with van der Waals surface area (Å²) in [6, 6.07) is 0.464. The minimum absolute atomic E-state index is 0.0400. The lowest BCUT2D eigenvalue weighted by Gasteiger charge is -2.29. The van der Waals surface area contributed by atoms with Gasteiger partial charge in [-0.25, -0.2) is 4.79 Å². The van der Waals surface area contributed by atoms with Crippen LogP contribution >= 0.6 is 0 Å². The number of rotatable bonds is 4. The van der Waals surface area contributed by atoms with Crippen LogP contribution in [0.4, 0.5) is 4.79 Å². The van der Waals surface area contributed by atoms with Crippen molar-refractivity contribution in [2.45, 2.75) is 31.7 Å². The summed E-state index contributed by atoms with van der Waals surface area (Å²) in [5, 5.41) is 2.97. The number of amides is 2. The minimum Gasteiger partial charge on any atom is -0.335 e. The molecule has 0 aromatic heterocycles. The van der Waals surface area contributed by atoms with Crippen LogP contribution in [0.15, 0.2) is 0 Å². The molecule has 0 bridgehead atoms. The summed E-state index contributed by atoms with van der Waals surface area (Å²) in [4.78, 5) is 13.1. The summed E-state index contributed by atoms with van der Waals surface area (Å²) >= 11 is 0. The molecule has 0 aliphatic heterocycles. The highest BCUT2D eigenvalue weighted by molar-refractivity contribution is 5.74. The second-order valence-corrected chi connectivity index (χ2v) is 3.64. The Hall–Kier alpha value is -0.770. The molecule has 0 heterocycles. The lowest BCUT2D eigenvalue weighted by molar-refractivity contribution is 0.196. The topological polar surface area (TPSA) is 58.4 Å². The Morgan fingerprint density at radius 3 is 2.77 bits per heavy atom. The highest BCUT2D eigenvalue weighted by Crippen LogP contribution is 2.17. The number of nitrogens with one attached hydrogen (secondary N) is 1. The quantitative estimate of drug-likeness (QED) is 0.671. The molecule has 1 aliphatic rings. The predicted octanol–water partition coefficient (Wildman–Crippen LogP) is 0.529. The van der Waals surface area contributed by atoms with Crippen molar-refractivity contribution < 1.29 is 4.79 Å². The Morgan fingerprint density at radius 2 is 2.31 bits per heavy atom. The zero-order valence-corrected chi connectivity index (χ0v) is 8.25. The average Bonchev–Trinajstić information content (AvgIpc) is 2.06. The average molecular weight is 185 g/mol. The van der Waals surface area contributed by atoms with Gasteiger partial charge in [-0.3, -0.25) is 0 Å². The molecule has 4 nitrogen and oxygen atoms in total. The van der Waals surface area contributed by atoms with Crippen LogP contribution in [0.1, 0.15) is 25.7 Å². The molecule has 1 saturated carbocycles. The smallest absolute Gasteiger partial charge is 0.317 e. The first-order chi connectivity index (χ1) is 6.24. The van der Waals surface area contributed by atoms with E-state index in [4.69, 9.17) is 5.73 Å². The van der Waals surface area contributed by atoms with Crippen LogP contribution in [0, 0.1) is 0 Å². The molecule has 13 heavy (non-hydrogen) atoms. The van der Waals surface area contributed by atoms with Gasteiger partial charge in [0.2, 0.25) is 0 Å². The second kappa shape index (κ2) is 5.07. The summed E-state index contributed by atoms with van der Waals surface area (Å²) in [6.07, 6.45) is 4.39. The van der Waals surface area contributed by atoms with Crippen LogP contribution in [-0.4, -0.2) is 37.1 Å². The van der Waals surface area contributed by atoms with Crippen molar-refractivity contribution in [3.8, 4) is 0 Å². The third-order valence-corrected chi connectivity index (χ3v) is 2.48. The van der Waals surface area contributed by atoms with E-state index in [1.165, 1.54) is 6.42 Å². The molecule has 1 rings (SSSR count). The third kappa shape index (κ3) is 3.22. The fourth-order valence-corrected chi connectivity index (χ4v) is 1.27. The van der Waals surface area contributed by atoms with Crippen LogP contribution in [0.2, 0.25) is 0 Å². The maximum absolute atomic E-state index is 11.4. The molecular weight excluding hydrogens is 166 g/mol. The number of nitrogens with two attached hydrogens (primary N) is 1. The summed E-state index contributed by atoms with van der Waals surface area (Å²) in [6.45, 7) is 1.39. The fraction of sp³-hybridized carbons (Fsp3) is 0.889. The van der Waals surface area contributed by atoms with E-state index in [2.05, 4.69) is 5.32 Å². The second-order valence-electron chi connectivity index (χ2n) is 3.64. The van der Waals surface area contributed by atoms with Crippen molar-refractivity contribution in [3.63, 3.8) is 0 Å². The van der Waals surface area contributed by atoms with Crippen LogP contribution < -0.4 is 11.1 Å². The van der Waals surface area contributed by atoms with E-state index in [9.17, 15) is 4.79 Å². The normalized spacial score (nSPS) is 16.5. The number of hydrogen-bond donors (Lipinski definition) is 2. The zero-order valence-electron chi connectivity index (χ0n) is 8.25. The number of hydrogen-bond acceptors (Lipinski definition) is 2. The molecule has 0 aromatic carbocycles. The van der Waals surface area contributed by atoms with E-state index in [1.54, 1.807) is 4.90 Å². The third-order valence-electron chi connectivity index (χ3n) is 2.48. The minimum atomic E-state index is 0.0400. The number of urea groups is 1. The monoisotopic (exact) mass is 185 g/mol. The molecule has 2 amide bonds. The van der Waals surface area contributed by atoms with Crippen molar-refractivity contribution in [1.29, 1.82) is 0 Å². The van der Waals surface area contributed by atoms with Gasteiger partial charge < -0.3 is 16.0 Å². The summed E-state index contributed by atoms with van der Waals surface area (Å²) in [7, 11) is 1.81. The molecule has 0 aromatic rings. The maximum Gasteiger partial charge on any atom is 0.317 e. The summed E-state index contributed by atoms with van der Waals surface area (Å²) in [5.74, 6) is 0. The molecule has 0 spiro atoms. The van der Waals surface area contributed by atoms with Gasteiger partial charge in [-0.15, -0.1) is 0 Å². The zero-order chi connectivity index (χ0) is 9.68. The number of carbonyl (C=O) groups is 1. The van der Waals surface area contributed by atoms with Crippen LogP contribution in [0.3, 0.4) is 0 Å². The number of carbonyl (C=O) groups excluding carboxylic acids is 1. The highest BCUT2D eigenvalue weighted by atomic mass is 16.2. The Balaban J connectivity index is 2.13. The van der Waals surface area contributed by atoms with E-state index < -0.39 is 0 Å². The van der Waals surface area contributed by atoms with Gasteiger partial charge in [0, 0.05) is 19.6 Å². The molecule has 0 radical (unpaired) electrons. The van der Waals surface area contributed by atoms with Crippen molar-refractivity contribution in [2.24, 2.45) is 5.73 Å². The molecular formula is C9H19N3O. The van der Waals surface area contributed by atoms with Crippen LogP contribution in [0.25, 0.3) is 0 Å². The SMILES string of the molecule is CN(CCCN)C(=O)NC1CCC1. The van der Waals surface area contributed by atoms with Crippen molar-refractivity contribution >= 4 is 6.03 Å². The van der Waals surface area contributed by atoms with Gasteiger partial charge in [0.05, 0.1) is 0 Å². The standard InChI is InChI=1S/C9H19N3O/c1-12(7-3-6-10)9(13)11-8-4-2-5-8/h8H,2-7,10H2,1H3,(H,11,13). The highest BCUT2D eigenvalue weighted by Gasteiger charge is 2.20. The van der Waals surface area contributed by atoms with E-state index >= 15 is 0 Å². The first kappa shape index (κ1) is 10.3. The molecule has 4 heteroatoms. The molecule has 0 atom stereocenters. The number of nitrogens with zero attached hydrogens (tertiary/aromatic N) is 1. The largest absolute Gasteiger partial charge is 0.335 e. The van der Waals surface area contributed by atoms with Crippen molar-refractivity contribution in [2.75, 3.05) is 20.1 Å². The van der Waals surface area contributed by atoms with Gasteiger partial charge >= 0.3 is 6.03 Å². The Bertz CT molecular complexity index is 168. The van der Waals surface area contributed by atoms with Gasteiger partial charge in [-0.05, 0) is 32.2 Å². The molecule has 0 unspecified atom stereocenters. The fourth-order valence-electron chi connectivity index (χ4n) is 1.27. The van der Waals surface area contributed by atoms with Crippen molar-refractivity contribution in [1.82, 2.24) is 10.2 Å². The summed E-state index contributed by atoms with van der Waals surface area (Å²) < 4.78 is 0. The van der Waals surface area contributed by atoms with Gasteiger partial charge in [0.1, 0.15) is 0 Å². The molecule has 0 saturated heterocycles. The van der Waals surface area contributed by atoms with Crippen molar-refractivity contribution in [3.05, 3.63) is 0 Å². The van der Waals surface area contributed by atoms with Crippen LogP contribution in [0.5, 0.6) is 0 Å². The Morgan fingerprint density at radius 1 is 1.62 bits per heavy atom. The van der Waals surface area contributed by atoms with E-state index in [1.807, 2.05) is 7.05 Å². The van der Waals surface area contributed by atoms with Gasteiger partial charge in [-0.1, -0.05) is 0 Å². The molecule has 1 aliphatic carbocycles. The Labute approximate surface area is 79.5 Å². The first-order valence-electron chi connectivity index (χ1n) is 4.95.